The summed E-state index contributed by atoms with van der Waals surface area (Å²) in [6, 6.07) is 6.05. The van der Waals surface area contributed by atoms with Gasteiger partial charge in [-0.3, -0.25) is 0 Å². The molecule has 1 nitrogen and oxygen atoms in total. The summed E-state index contributed by atoms with van der Waals surface area (Å²) in [6.07, 6.45) is 0. The molecule has 1 rings (SSSR count). The molecule has 0 fully saturated rings. The maximum absolute atomic E-state index is 5.98. The molecule has 1 aromatic carbocycles. The first-order chi connectivity index (χ1) is 6.11. The van der Waals surface area contributed by atoms with E-state index in [4.69, 9.17) is 11.6 Å². The van der Waals surface area contributed by atoms with Crippen LogP contribution in [0.5, 0.6) is 0 Å². The topological polar surface area (TPSA) is 3.24 Å². The maximum atomic E-state index is 5.98. The lowest BCUT2D eigenvalue weighted by molar-refractivity contribution is 1.13. The SMILES string of the molecule is CC.Cc1ccc(N(C)C)c(Cl)c1. The van der Waals surface area contributed by atoms with Crippen molar-refractivity contribution in [3.05, 3.63) is 28.8 Å². The molecule has 0 bridgehead atoms. The number of hydrogen-bond acceptors (Lipinski definition) is 1. The Bertz CT molecular complexity index is 256. The van der Waals surface area contributed by atoms with Crippen LogP contribution < -0.4 is 4.90 Å². The van der Waals surface area contributed by atoms with Crippen LogP contribution in [0.1, 0.15) is 19.4 Å². The van der Waals surface area contributed by atoms with Crippen LogP contribution in [0.4, 0.5) is 5.69 Å². The van der Waals surface area contributed by atoms with Crippen molar-refractivity contribution < 1.29 is 0 Å². The summed E-state index contributed by atoms with van der Waals surface area (Å²) in [4.78, 5) is 2.00. The number of nitrogens with zero attached hydrogens (tertiary/aromatic N) is 1. The Morgan fingerprint density at radius 1 is 1.15 bits per heavy atom. The van der Waals surface area contributed by atoms with Gasteiger partial charge in [-0.2, -0.15) is 0 Å². The van der Waals surface area contributed by atoms with Gasteiger partial charge in [-0.1, -0.05) is 31.5 Å². The van der Waals surface area contributed by atoms with Gasteiger partial charge in [0.05, 0.1) is 10.7 Å². The van der Waals surface area contributed by atoms with Crippen LogP contribution >= 0.6 is 11.6 Å². The van der Waals surface area contributed by atoms with Crippen LogP contribution in [0.3, 0.4) is 0 Å². The molecule has 0 aromatic heterocycles. The summed E-state index contributed by atoms with van der Waals surface area (Å²) in [5.74, 6) is 0. The smallest absolute Gasteiger partial charge is 0.0642 e. The van der Waals surface area contributed by atoms with Crippen LogP contribution in [0, 0.1) is 6.92 Å². The molecule has 74 valence electrons. The van der Waals surface area contributed by atoms with Crippen molar-refractivity contribution in [1.82, 2.24) is 0 Å². The second kappa shape index (κ2) is 5.87. The molecule has 0 N–H and O–H groups in total. The van der Waals surface area contributed by atoms with Crippen LogP contribution in [0.15, 0.2) is 18.2 Å². The lowest BCUT2D eigenvalue weighted by atomic mass is 10.2. The normalized spacial score (nSPS) is 8.77. The first-order valence-electron chi connectivity index (χ1n) is 4.55. The summed E-state index contributed by atoms with van der Waals surface area (Å²) in [6.45, 7) is 6.03. The van der Waals surface area contributed by atoms with E-state index in [-0.39, 0.29) is 0 Å². The molecular formula is C11H18ClN. The highest BCUT2D eigenvalue weighted by molar-refractivity contribution is 6.33. The van der Waals surface area contributed by atoms with Crippen molar-refractivity contribution in [3.8, 4) is 0 Å². The van der Waals surface area contributed by atoms with Gasteiger partial charge in [-0.05, 0) is 24.6 Å². The number of anilines is 1. The van der Waals surface area contributed by atoms with Crippen molar-refractivity contribution in [3.63, 3.8) is 0 Å². The number of hydrogen-bond donors (Lipinski definition) is 0. The minimum atomic E-state index is 0.815. The second-order valence-electron chi connectivity index (χ2n) is 2.85. The van der Waals surface area contributed by atoms with E-state index in [2.05, 4.69) is 6.07 Å². The van der Waals surface area contributed by atoms with Gasteiger partial charge in [0.1, 0.15) is 0 Å². The third-order valence-electron chi connectivity index (χ3n) is 1.58. The van der Waals surface area contributed by atoms with Crippen LogP contribution in [-0.4, -0.2) is 14.1 Å². The first-order valence-corrected chi connectivity index (χ1v) is 4.92. The zero-order valence-corrected chi connectivity index (χ0v) is 9.81. The lowest BCUT2D eigenvalue weighted by Crippen LogP contribution is -2.08. The Kier molecular flexibility index (Phi) is 5.56. The summed E-state index contributed by atoms with van der Waals surface area (Å²) in [5, 5.41) is 0.815. The number of halogens is 1. The highest BCUT2D eigenvalue weighted by atomic mass is 35.5. The maximum Gasteiger partial charge on any atom is 0.0642 e. The molecular weight excluding hydrogens is 182 g/mol. The Balaban J connectivity index is 0.000000671. The third-order valence-corrected chi connectivity index (χ3v) is 1.89. The van der Waals surface area contributed by atoms with Crippen LogP contribution in [0.2, 0.25) is 5.02 Å². The highest BCUT2D eigenvalue weighted by Crippen LogP contribution is 2.24. The van der Waals surface area contributed by atoms with Crippen molar-refractivity contribution in [2.75, 3.05) is 19.0 Å². The van der Waals surface area contributed by atoms with Crippen molar-refractivity contribution in [2.24, 2.45) is 0 Å². The molecule has 0 aliphatic carbocycles. The van der Waals surface area contributed by atoms with E-state index in [0.29, 0.717) is 0 Å². The minimum absolute atomic E-state index is 0.815. The molecule has 0 aliphatic heterocycles. The van der Waals surface area contributed by atoms with Gasteiger partial charge in [0.2, 0.25) is 0 Å². The Morgan fingerprint density at radius 3 is 2.08 bits per heavy atom. The van der Waals surface area contributed by atoms with Gasteiger partial charge in [-0.15, -0.1) is 0 Å². The molecule has 0 heterocycles. The van der Waals surface area contributed by atoms with Crippen molar-refractivity contribution >= 4 is 17.3 Å². The van der Waals surface area contributed by atoms with E-state index in [1.807, 2.05) is 51.9 Å². The number of aryl methyl sites for hydroxylation is 1. The summed E-state index contributed by atoms with van der Waals surface area (Å²) < 4.78 is 0. The molecule has 0 saturated carbocycles. The Labute approximate surface area is 86.3 Å². The molecule has 0 radical (unpaired) electrons. The summed E-state index contributed by atoms with van der Waals surface area (Å²) in [7, 11) is 3.97. The van der Waals surface area contributed by atoms with Crippen LogP contribution in [-0.2, 0) is 0 Å². The van der Waals surface area contributed by atoms with E-state index in [1.165, 1.54) is 5.56 Å². The quantitative estimate of drug-likeness (QED) is 0.666. The fourth-order valence-electron chi connectivity index (χ4n) is 0.975. The van der Waals surface area contributed by atoms with E-state index in [9.17, 15) is 0 Å². The predicted molar refractivity (Wildman–Crippen MR) is 61.9 cm³/mol. The van der Waals surface area contributed by atoms with Gasteiger partial charge in [0.25, 0.3) is 0 Å². The standard InChI is InChI=1S/C9H12ClN.C2H6/c1-7-4-5-9(11(2)3)8(10)6-7;1-2/h4-6H,1-3H3;1-2H3. The second-order valence-corrected chi connectivity index (χ2v) is 3.26. The van der Waals surface area contributed by atoms with Gasteiger partial charge in [0.15, 0.2) is 0 Å². The zero-order chi connectivity index (χ0) is 10.4. The molecule has 0 unspecified atom stereocenters. The van der Waals surface area contributed by atoms with E-state index >= 15 is 0 Å². The fraction of sp³-hybridized carbons (Fsp3) is 0.455. The molecule has 13 heavy (non-hydrogen) atoms. The summed E-state index contributed by atoms with van der Waals surface area (Å²) in [5.41, 5.74) is 2.26. The first kappa shape index (κ1) is 12.3. The molecule has 0 amide bonds. The molecule has 1 aromatic rings. The lowest BCUT2D eigenvalue weighted by Gasteiger charge is -2.14. The van der Waals surface area contributed by atoms with Gasteiger partial charge in [-0.25, -0.2) is 0 Å². The molecule has 2 heteroatoms. The third kappa shape index (κ3) is 3.69. The minimum Gasteiger partial charge on any atom is -0.376 e. The molecule has 0 saturated heterocycles. The van der Waals surface area contributed by atoms with Crippen LogP contribution in [0.25, 0.3) is 0 Å². The average Bonchev–Trinajstić information content (AvgIpc) is 2.07. The van der Waals surface area contributed by atoms with Gasteiger partial charge < -0.3 is 4.90 Å². The Hall–Kier alpha value is -0.690. The van der Waals surface area contributed by atoms with E-state index in [0.717, 1.165) is 10.7 Å². The molecule has 0 spiro atoms. The van der Waals surface area contributed by atoms with E-state index < -0.39 is 0 Å². The van der Waals surface area contributed by atoms with Gasteiger partial charge in [0, 0.05) is 14.1 Å². The van der Waals surface area contributed by atoms with E-state index in [1.54, 1.807) is 0 Å². The monoisotopic (exact) mass is 199 g/mol. The van der Waals surface area contributed by atoms with Crippen molar-refractivity contribution in [2.45, 2.75) is 20.8 Å². The van der Waals surface area contributed by atoms with Gasteiger partial charge >= 0.3 is 0 Å². The largest absolute Gasteiger partial charge is 0.376 e. The Morgan fingerprint density at radius 2 is 1.69 bits per heavy atom. The number of rotatable bonds is 1. The summed E-state index contributed by atoms with van der Waals surface area (Å²) >= 11 is 5.98. The molecule has 0 aliphatic rings. The zero-order valence-electron chi connectivity index (χ0n) is 9.06. The predicted octanol–water partition coefficient (Wildman–Crippen LogP) is 3.74. The fourth-order valence-corrected chi connectivity index (χ4v) is 1.38. The molecule has 0 atom stereocenters. The average molecular weight is 200 g/mol. The highest BCUT2D eigenvalue weighted by Gasteiger charge is 2.00. The van der Waals surface area contributed by atoms with Crippen molar-refractivity contribution in [1.29, 1.82) is 0 Å². The number of benzene rings is 1.